The zero-order valence-electron chi connectivity index (χ0n) is 12.5. The van der Waals surface area contributed by atoms with E-state index >= 15 is 0 Å². The van der Waals surface area contributed by atoms with E-state index in [4.69, 9.17) is 0 Å². The standard InChI is InChI=1S/C14H15IN2O4S.Na/c15-9-14(18)17-8-7-16-12-5-1-4-11-10(12)3-2-6-13(11)22(19,20)21;/h1-6,16H,7-9H2,(H,17,18)(H,19,20,21);/q;+1/p-1. The van der Waals surface area contributed by atoms with Crippen molar-refractivity contribution >= 4 is 55.1 Å². The molecule has 9 heteroatoms. The van der Waals surface area contributed by atoms with E-state index in [1.165, 1.54) is 12.1 Å². The summed E-state index contributed by atoms with van der Waals surface area (Å²) in [6.07, 6.45) is 0. The van der Waals surface area contributed by atoms with Crippen molar-refractivity contribution in [2.45, 2.75) is 4.90 Å². The largest absolute Gasteiger partial charge is 1.00 e. The maximum absolute atomic E-state index is 11.3. The summed E-state index contributed by atoms with van der Waals surface area (Å²) in [6.45, 7) is 0.952. The minimum Gasteiger partial charge on any atom is -0.744 e. The zero-order valence-corrected chi connectivity index (χ0v) is 17.5. The fourth-order valence-electron chi connectivity index (χ4n) is 2.10. The molecule has 0 atom stereocenters. The van der Waals surface area contributed by atoms with E-state index in [2.05, 4.69) is 10.6 Å². The molecule has 0 aliphatic carbocycles. The quantitative estimate of drug-likeness (QED) is 0.186. The molecule has 0 aliphatic rings. The maximum atomic E-state index is 11.3. The summed E-state index contributed by atoms with van der Waals surface area (Å²) in [6, 6.07) is 9.66. The smallest absolute Gasteiger partial charge is 0.744 e. The topological polar surface area (TPSA) is 98.3 Å². The van der Waals surface area contributed by atoms with E-state index in [1.807, 2.05) is 22.6 Å². The molecule has 1 amide bonds. The predicted molar refractivity (Wildman–Crippen MR) is 92.3 cm³/mol. The van der Waals surface area contributed by atoms with Crippen LogP contribution in [0.15, 0.2) is 41.3 Å². The van der Waals surface area contributed by atoms with Gasteiger partial charge in [-0.25, -0.2) is 8.42 Å². The molecule has 0 saturated carbocycles. The minimum atomic E-state index is -4.52. The minimum absolute atomic E-state index is 0. The van der Waals surface area contributed by atoms with Gasteiger partial charge in [0, 0.05) is 29.5 Å². The van der Waals surface area contributed by atoms with Gasteiger partial charge in [0.1, 0.15) is 10.1 Å². The third-order valence-corrected chi connectivity index (χ3v) is 4.62. The van der Waals surface area contributed by atoms with Crippen LogP contribution in [0.25, 0.3) is 10.8 Å². The predicted octanol–water partition coefficient (Wildman–Crippen LogP) is -1.29. The summed E-state index contributed by atoms with van der Waals surface area (Å²) in [5, 5.41) is 6.90. The molecule has 0 bridgehead atoms. The third kappa shape index (κ3) is 5.57. The molecule has 0 aromatic heterocycles. The van der Waals surface area contributed by atoms with Crippen LogP contribution in [0.5, 0.6) is 0 Å². The van der Waals surface area contributed by atoms with E-state index in [9.17, 15) is 17.8 Å². The Kier molecular flexibility index (Phi) is 8.25. The van der Waals surface area contributed by atoms with E-state index in [1.54, 1.807) is 24.3 Å². The van der Waals surface area contributed by atoms with Gasteiger partial charge in [-0.1, -0.05) is 46.9 Å². The van der Waals surface area contributed by atoms with Gasteiger partial charge in [-0.2, -0.15) is 0 Å². The van der Waals surface area contributed by atoms with Crippen LogP contribution in [0.2, 0.25) is 0 Å². The van der Waals surface area contributed by atoms with E-state index in [-0.39, 0.29) is 40.4 Å². The van der Waals surface area contributed by atoms with Crippen LogP contribution in [0, 0.1) is 0 Å². The van der Waals surface area contributed by atoms with Crippen molar-refractivity contribution < 1.29 is 47.3 Å². The first-order valence-electron chi connectivity index (χ1n) is 6.47. The Labute approximate surface area is 170 Å². The van der Waals surface area contributed by atoms with Crippen LogP contribution in [-0.2, 0) is 14.9 Å². The Balaban J connectivity index is 0.00000264. The van der Waals surface area contributed by atoms with E-state index in [0.29, 0.717) is 34.0 Å². The molecule has 2 N–H and O–H groups in total. The summed E-state index contributed by atoms with van der Waals surface area (Å²) >= 11 is 1.98. The molecule has 118 valence electrons. The fourth-order valence-corrected chi connectivity index (χ4v) is 3.06. The summed E-state index contributed by atoms with van der Waals surface area (Å²) in [5.74, 6) is -0.0416. The number of nitrogens with one attached hydrogen (secondary N) is 2. The molecule has 0 heterocycles. The monoisotopic (exact) mass is 456 g/mol. The van der Waals surface area contributed by atoms with Gasteiger partial charge in [-0.3, -0.25) is 4.79 Å². The Morgan fingerprint density at radius 3 is 2.39 bits per heavy atom. The summed E-state index contributed by atoms with van der Waals surface area (Å²) in [4.78, 5) is 10.9. The number of halogens is 1. The normalized spacial score (nSPS) is 10.9. The second-order valence-corrected chi connectivity index (χ2v) is 6.63. The zero-order chi connectivity index (χ0) is 16.2. The van der Waals surface area contributed by atoms with Crippen LogP contribution in [0.1, 0.15) is 0 Å². The average molecular weight is 456 g/mol. The van der Waals surface area contributed by atoms with E-state index in [0.717, 1.165) is 0 Å². The van der Waals surface area contributed by atoms with Gasteiger partial charge in [0.25, 0.3) is 0 Å². The van der Waals surface area contributed by atoms with Gasteiger partial charge >= 0.3 is 29.6 Å². The fraction of sp³-hybridized carbons (Fsp3) is 0.214. The average Bonchev–Trinajstić information content (AvgIpc) is 2.49. The van der Waals surface area contributed by atoms with Gasteiger partial charge < -0.3 is 15.2 Å². The molecular formula is C14H14IN2NaO4S. The van der Waals surface area contributed by atoms with Crippen LogP contribution in [-0.4, -0.2) is 36.4 Å². The van der Waals surface area contributed by atoms with Crippen molar-refractivity contribution in [2.75, 3.05) is 22.8 Å². The number of fused-ring (bicyclic) bond motifs is 1. The van der Waals surface area contributed by atoms with Crippen LogP contribution in [0.4, 0.5) is 5.69 Å². The van der Waals surface area contributed by atoms with Crippen LogP contribution < -0.4 is 40.2 Å². The molecule has 2 aromatic carbocycles. The van der Waals surface area contributed by atoms with Gasteiger partial charge in [-0.15, -0.1) is 0 Å². The van der Waals surface area contributed by atoms with Crippen molar-refractivity contribution in [3.05, 3.63) is 36.4 Å². The Morgan fingerprint density at radius 1 is 1.09 bits per heavy atom. The maximum Gasteiger partial charge on any atom is 1.00 e. The molecule has 0 radical (unpaired) electrons. The third-order valence-electron chi connectivity index (χ3n) is 3.04. The summed E-state index contributed by atoms with van der Waals surface area (Å²) in [7, 11) is -4.52. The molecule has 6 nitrogen and oxygen atoms in total. The number of hydrogen-bond donors (Lipinski definition) is 2. The first-order valence-corrected chi connectivity index (χ1v) is 9.41. The van der Waals surface area contributed by atoms with Gasteiger partial charge in [0.2, 0.25) is 5.91 Å². The number of hydrogen-bond acceptors (Lipinski definition) is 5. The SMILES string of the molecule is O=C(CI)NCCNc1cccc2c(S(=O)(=O)[O-])cccc12.[Na+]. The molecule has 0 fully saturated rings. The van der Waals surface area contributed by atoms with Crippen LogP contribution in [0.3, 0.4) is 0 Å². The number of alkyl halides is 1. The summed E-state index contributed by atoms with van der Waals surface area (Å²) < 4.78 is 34.3. The van der Waals surface area contributed by atoms with Gasteiger partial charge in [-0.05, 0) is 12.1 Å². The van der Waals surface area contributed by atoms with E-state index < -0.39 is 10.1 Å². The number of benzene rings is 2. The molecule has 2 aromatic rings. The molecule has 2 rings (SSSR count). The van der Waals surface area contributed by atoms with Crippen molar-refractivity contribution in [1.82, 2.24) is 5.32 Å². The number of rotatable bonds is 6. The Bertz CT molecular complexity index is 798. The number of carbonyl (C=O) groups excluding carboxylic acids is 1. The van der Waals surface area contributed by atoms with Gasteiger partial charge in [0.15, 0.2) is 0 Å². The van der Waals surface area contributed by atoms with Gasteiger partial charge in [0.05, 0.1) is 9.32 Å². The molecule has 0 saturated heterocycles. The molecule has 23 heavy (non-hydrogen) atoms. The number of anilines is 1. The first-order chi connectivity index (χ1) is 10.4. The Morgan fingerprint density at radius 2 is 1.74 bits per heavy atom. The van der Waals surface area contributed by atoms with Crippen molar-refractivity contribution in [3.8, 4) is 0 Å². The van der Waals surface area contributed by atoms with Crippen LogP contribution >= 0.6 is 22.6 Å². The van der Waals surface area contributed by atoms with Crippen molar-refractivity contribution in [3.63, 3.8) is 0 Å². The Hall–Kier alpha value is -0.390. The second-order valence-electron chi connectivity index (χ2n) is 4.52. The second kappa shape index (κ2) is 9.19. The molecular weight excluding hydrogens is 442 g/mol. The number of amides is 1. The van der Waals surface area contributed by atoms with Crippen molar-refractivity contribution in [2.24, 2.45) is 0 Å². The first kappa shape index (κ1) is 20.7. The summed E-state index contributed by atoms with van der Waals surface area (Å²) in [5.41, 5.74) is 0.715. The molecule has 0 spiro atoms. The molecule has 0 aliphatic heterocycles. The number of carbonyl (C=O) groups is 1. The van der Waals surface area contributed by atoms with Crippen molar-refractivity contribution in [1.29, 1.82) is 0 Å². The molecule has 0 unspecified atom stereocenters.